The van der Waals surface area contributed by atoms with Gasteiger partial charge in [0.2, 0.25) is 0 Å². The topological polar surface area (TPSA) is 52.4 Å². The third-order valence-corrected chi connectivity index (χ3v) is 3.34. The fourth-order valence-electron chi connectivity index (χ4n) is 0.816. The van der Waals surface area contributed by atoms with Crippen molar-refractivity contribution >= 4 is 11.6 Å². The average molecular weight is 332 g/mol. The van der Waals surface area contributed by atoms with E-state index in [4.69, 9.17) is 11.6 Å². The first-order chi connectivity index (χ1) is 6.65. The Hall–Kier alpha value is -0.630. The Morgan fingerprint density at radius 3 is 2.93 bits per heavy atom. The Balaban J connectivity index is 3.01. The number of hydrogen-bond acceptors (Lipinski definition) is 3. The summed E-state index contributed by atoms with van der Waals surface area (Å²) >= 11 is 4.26. The molecule has 7 heteroatoms. The van der Waals surface area contributed by atoms with Crippen molar-refractivity contribution in [2.75, 3.05) is 6.86 Å². The molecule has 0 unspecified atom stereocenters. The van der Waals surface area contributed by atoms with Gasteiger partial charge in [-0.1, -0.05) is 0 Å². The predicted molar refractivity (Wildman–Crippen MR) is 43.7 cm³/mol. The van der Waals surface area contributed by atoms with Crippen molar-refractivity contribution in [1.29, 1.82) is 0 Å². The van der Waals surface area contributed by atoms with Crippen LogP contribution in [0.15, 0.2) is 18.2 Å². The van der Waals surface area contributed by atoms with Gasteiger partial charge in [0.05, 0.1) is 0 Å². The molecule has 0 aliphatic heterocycles. The maximum atomic E-state index is 11.9. The Morgan fingerprint density at radius 1 is 1.64 bits per heavy atom. The second-order valence-electron chi connectivity index (χ2n) is 2.10. The molecule has 1 rings (SSSR count). The predicted octanol–water partition coefficient (Wildman–Crippen LogP) is -0.904. The molecule has 0 saturated carbocycles. The summed E-state index contributed by atoms with van der Waals surface area (Å²) in [4.78, 5) is 10.3. The number of benzene rings is 1. The van der Waals surface area contributed by atoms with Gasteiger partial charge in [0.1, 0.15) is 0 Å². The van der Waals surface area contributed by atoms with Crippen molar-refractivity contribution in [3.63, 3.8) is 0 Å². The Morgan fingerprint density at radius 2 is 2.36 bits per heavy atom. The van der Waals surface area contributed by atoms with Crippen LogP contribution in [0.25, 0.3) is 0 Å². The molecule has 78 valence electrons. The van der Waals surface area contributed by atoms with Crippen LogP contribution in [0.3, 0.4) is 0 Å². The van der Waals surface area contributed by atoms with Crippen LogP contribution < -0.4 is 26.2 Å². The summed E-state index contributed by atoms with van der Waals surface area (Å²) in [5, 5.41) is 10.5. The maximum absolute atomic E-state index is 11.9. The molecule has 0 aliphatic carbocycles. The normalized spacial score (nSPS) is 10.1. The van der Waals surface area contributed by atoms with Crippen LogP contribution in [-0.2, 0) is 0 Å². The summed E-state index contributed by atoms with van der Waals surface area (Å²) in [5.74, 6) is 0.0844. The van der Waals surface area contributed by atoms with Crippen molar-refractivity contribution in [3.05, 3.63) is 36.9 Å². The molecule has 0 atom stereocenters. The number of ether oxygens (including phenoxy) is 1. The van der Waals surface area contributed by atoms with Crippen LogP contribution in [-0.4, -0.2) is 10.00 Å². The van der Waals surface area contributed by atoms with E-state index < -0.39 is 31.5 Å². The molecule has 0 amide bonds. The minimum atomic E-state index is -1.44. The van der Waals surface area contributed by atoms with Gasteiger partial charge < -0.3 is 0 Å². The Bertz CT molecular complexity index is 350. The molecule has 0 N–H and O–H groups in total. The molecule has 1 aromatic carbocycles. The van der Waals surface area contributed by atoms with E-state index in [-0.39, 0.29) is 10.8 Å². The monoisotopic (exact) mass is 332 g/mol. The van der Waals surface area contributed by atoms with Crippen LogP contribution in [0.2, 0.25) is 5.02 Å². The number of para-hydroxylation sites is 1. The first kappa shape index (κ1) is 11.4. The molecule has 0 radical (unpaired) electrons. The zero-order valence-electron chi connectivity index (χ0n) is 6.75. The van der Waals surface area contributed by atoms with Gasteiger partial charge in [-0.2, -0.15) is 0 Å². The van der Waals surface area contributed by atoms with Crippen molar-refractivity contribution in [2.24, 2.45) is 0 Å². The van der Waals surface area contributed by atoms with Gasteiger partial charge in [-0.3, -0.25) is 0 Å². The van der Waals surface area contributed by atoms with Crippen LogP contribution in [0.4, 0.5) is 4.39 Å². The van der Waals surface area contributed by atoms with E-state index in [2.05, 4.69) is 4.74 Å². The summed E-state index contributed by atoms with van der Waals surface area (Å²) in [6.45, 7) is -1.04. The standard InChI is InChI=1S/C7H5ClFINO3/c8-5-2-1-3-6(10-11(12)13)7(5)14-4-9/h1-3H,4H2/q-1. The van der Waals surface area contributed by atoms with Gasteiger partial charge in [-0.15, -0.1) is 0 Å². The van der Waals surface area contributed by atoms with Crippen molar-refractivity contribution in [3.8, 4) is 5.75 Å². The first-order valence-electron chi connectivity index (χ1n) is 3.42. The SMILES string of the molecule is O=[N+]([O-])[I-]c1cccc(Cl)c1OCF. The number of alkyl halides is 1. The van der Waals surface area contributed by atoms with E-state index in [0.29, 0.717) is 3.57 Å². The van der Waals surface area contributed by atoms with E-state index in [9.17, 15) is 14.5 Å². The van der Waals surface area contributed by atoms with E-state index in [0.717, 1.165) is 0 Å². The molecule has 0 aromatic heterocycles. The van der Waals surface area contributed by atoms with Crippen LogP contribution in [0, 0.1) is 13.7 Å². The van der Waals surface area contributed by atoms with Gasteiger partial charge in [0.15, 0.2) is 0 Å². The van der Waals surface area contributed by atoms with Gasteiger partial charge in [0.25, 0.3) is 0 Å². The second-order valence-corrected chi connectivity index (χ2v) is 4.94. The van der Waals surface area contributed by atoms with Crippen LogP contribution >= 0.6 is 11.6 Å². The van der Waals surface area contributed by atoms with E-state index in [1.165, 1.54) is 12.1 Å². The summed E-state index contributed by atoms with van der Waals surface area (Å²) in [6.07, 6.45) is 0. The molecule has 0 heterocycles. The van der Waals surface area contributed by atoms with Crippen molar-refractivity contribution in [2.45, 2.75) is 0 Å². The zero-order valence-corrected chi connectivity index (χ0v) is 9.66. The zero-order chi connectivity index (χ0) is 10.6. The Labute approximate surface area is 94.8 Å². The second kappa shape index (κ2) is 5.30. The van der Waals surface area contributed by atoms with Crippen molar-refractivity contribution in [1.82, 2.24) is 0 Å². The quantitative estimate of drug-likeness (QED) is 0.311. The molecule has 4 nitrogen and oxygen atoms in total. The van der Waals surface area contributed by atoms with Crippen LogP contribution in [0.5, 0.6) is 5.75 Å². The third-order valence-electron chi connectivity index (χ3n) is 1.28. The molecular formula is C7H5ClFINO3-. The average Bonchev–Trinajstić information content (AvgIpc) is 2.10. The molecular weight excluding hydrogens is 327 g/mol. The third kappa shape index (κ3) is 2.95. The van der Waals surface area contributed by atoms with Crippen LogP contribution in [0.1, 0.15) is 0 Å². The molecule has 0 spiro atoms. The van der Waals surface area contributed by atoms with Gasteiger partial charge >= 0.3 is 94.9 Å². The van der Waals surface area contributed by atoms with Gasteiger partial charge in [0, 0.05) is 0 Å². The fourth-order valence-corrected chi connectivity index (χ4v) is 2.66. The van der Waals surface area contributed by atoms with Crippen molar-refractivity contribution < 1.29 is 33.7 Å². The number of nitro groups is 1. The van der Waals surface area contributed by atoms with Gasteiger partial charge in [-0.25, -0.2) is 0 Å². The van der Waals surface area contributed by atoms with Gasteiger partial charge in [-0.05, 0) is 0 Å². The molecule has 0 aliphatic rings. The van der Waals surface area contributed by atoms with E-state index in [1.54, 1.807) is 6.07 Å². The molecule has 0 bridgehead atoms. The Kier molecular flexibility index (Phi) is 4.33. The number of nitrogens with zero attached hydrogens (tertiary/aromatic N) is 1. The van der Waals surface area contributed by atoms with E-state index >= 15 is 0 Å². The number of halogens is 3. The number of hydrogen-bond donors (Lipinski definition) is 0. The molecule has 0 saturated heterocycles. The summed E-state index contributed by atoms with van der Waals surface area (Å²) < 4.78 is 16.5. The fraction of sp³-hybridized carbons (Fsp3) is 0.143. The molecule has 1 aromatic rings. The van der Waals surface area contributed by atoms with E-state index in [1.807, 2.05) is 0 Å². The summed E-state index contributed by atoms with van der Waals surface area (Å²) in [7, 11) is 0. The molecule has 14 heavy (non-hydrogen) atoms. The minimum absolute atomic E-state index is 0.0844. The first-order valence-corrected chi connectivity index (χ1v) is 5.84. The summed E-state index contributed by atoms with van der Waals surface area (Å²) in [6, 6.07) is 4.60. The number of rotatable bonds is 4. The molecule has 0 fully saturated rings. The summed E-state index contributed by atoms with van der Waals surface area (Å²) in [5.41, 5.74) is 0.